The van der Waals surface area contributed by atoms with Crippen molar-refractivity contribution >= 4 is 49.7 Å². The molecule has 2 N–H and O–H groups in total. The van der Waals surface area contributed by atoms with Gasteiger partial charge in [0, 0.05) is 25.2 Å². The molecule has 96 valence electrons. The normalized spacial score (nSPS) is 12.5. The van der Waals surface area contributed by atoms with E-state index in [-0.39, 0.29) is 75.6 Å². The number of hydrogen-bond donors (Lipinski definition) is 2. The van der Waals surface area contributed by atoms with Crippen molar-refractivity contribution < 1.29 is 30.0 Å². The van der Waals surface area contributed by atoms with Gasteiger partial charge in [-0.05, 0) is 24.7 Å². The molecular formula is C10H18CaO6. The van der Waals surface area contributed by atoms with E-state index >= 15 is 0 Å². The zero-order valence-electron chi connectivity index (χ0n) is 10.2. The third-order valence-corrected chi connectivity index (χ3v) is 1.65. The van der Waals surface area contributed by atoms with Crippen molar-refractivity contribution in [2.24, 2.45) is 11.8 Å². The van der Waals surface area contributed by atoms with Gasteiger partial charge in [-0.2, -0.15) is 0 Å². The van der Waals surface area contributed by atoms with E-state index in [1.54, 1.807) is 13.8 Å². The molecule has 17 heavy (non-hydrogen) atoms. The van der Waals surface area contributed by atoms with Crippen LogP contribution in [0.1, 0.15) is 26.7 Å². The minimum absolute atomic E-state index is 0. The Labute approximate surface area is 131 Å². The molecule has 0 saturated carbocycles. The van der Waals surface area contributed by atoms with Crippen LogP contribution >= 0.6 is 0 Å². The average Bonchev–Trinajstić information content (AvgIpc) is 2.16. The molecule has 0 aromatic carbocycles. The summed E-state index contributed by atoms with van der Waals surface area (Å²) in [4.78, 5) is 19.5. The molecule has 0 aromatic rings. The Morgan fingerprint density at radius 3 is 1.24 bits per heavy atom. The van der Waals surface area contributed by atoms with E-state index in [9.17, 15) is 19.8 Å². The summed E-state index contributed by atoms with van der Waals surface area (Å²) >= 11 is 0. The molecule has 0 rings (SSSR count). The predicted octanol–water partition coefficient (Wildman–Crippen LogP) is -2.87. The molecule has 0 spiro atoms. The smallest absolute Gasteiger partial charge is 0.550 e. The molecule has 0 aliphatic rings. The minimum atomic E-state index is -1.11. The quantitative estimate of drug-likeness (QED) is 0.502. The molecule has 0 amide bonds. The van der Waals surface area contributed by atoms with E-state index in [0.717, 1.165) is 0 Å². The van der Waals surface area contributed by atoms with E-state index in [1.165, 1.54) is 0 Å². The first kappa shape index (κ1) is 22.3. The number of carbonyl (C=O) groups excluding carboxylic acids is 2. The van der Waals surface area contributed by atoms with Crippen LogP contribution in [0, 0.1) is 11.8 Å². The van der Waals surface area contributed by atoms with Crippen LogP contribution in [-0.2, 0) is 9.59 Å². The molecular weight excluding hydrogens is 256 g/mol. The molecule has 0 saturated heterocycles. The first-order valence-corrected chi connectivity index (χ1v) is 4.94. The van der Waals surface area contributed by atoms with Crippen LogP contribution in [-0.4, -0.2) is 73.1 Å². The summed E-state index contributed by atoms with van der Waals surface area (Å²) in [6.45, 7) is 3.12. The van der Waals surface area contributed by atoms with Gasteiger partial charge < -0.3 is 30.0 Å². The van der Waals surface area contributed by atoms with Crippen molar-refractivity contribution in [3.63, 3.8) is 0 Å². The molecule has 7 heteroatoms. The summed E-state index contributed by atoms with van der Waals surface area (Å²) in [6, 6.07) is 0. The van der Waals surface area contributed by atoms with E-state index in [0.29, 0.717) is 0 Å². The average molecular weight is 274 g/mol. The maximum atomic E-state index is 9.75. The molecule has 6 nitrogen and oxygen atoms in total. The van der Waals surface area contributed by atoms with Gasteiger partial charge in [0.1, 0.15) is 0 Å². The molecule has 0 heterocycles. The Hall–Kier alpha value is 0.120. The summed E-state index contributed by atoms with van der Waals surface area (Å²) in [6.07, 6.45) is -0.118. The van der Waals surface area contributed by atoms with Crippen LogP contribution < -0.4 is 10.2 Å². The summed E-state index contributed by atoms with van der Waals surface area (Å²) in [5.74, 6) is -2.57. The van der Waals surface area contributed by atoms with Crippen LogP contribution in [0.25, 0.3) is 0 Å². The SMILES string of the molecule is CC(CO)CC(=O)[O-].CC(CO)CC(=O)[O-].[Ca+2]. The Morgan fingerprint density at radius 1 is 0.941 bits per heavy atom. The molecule has 0 radical (unpaired) electrons. The minimum Gasteiger partial charge on any atom is -0.550 e. The summed E-state index contributed by atoms with van der Waals surface area (Å²) in [5, 5.41) is 36.1. The van der Waals surface area contributed by atoms with Gasteiger partial charge in [0.15, 0.2) is 0 Å². The van der Waals surface area contributed by atoms with Crippen LogP contribution in [0.15, 0.2) is 0 Å². The summed E-state index contributed by atoms with van der Waals surface area (Å²) in [7, 11) is 0. The monoisotopic (exact) mass is 274 g/mol. The fourth-order valence-corrected chi connectivity index (χ4v) is 0.698. The number of aliphatic hydroxyl groups is 2. The maximum Gasteiger partial charge on any atom is 2.00 e. The van der Waals surface area contributed by atoms with Crippen LogP contribution in [0.5, 0.6) is 0 Å². The zero-order valence-corrected chi connectivity index (χ0v) is 12.4. The second kappa shape index (κ2) is 14.2. The molecule has 0 bridgehead atoms. The third-order valence-electron chi connectivity index (χ3n) is 1.65. The zero-order chi connectivity index (χ0) is 13.1. The Kier molecular flexibility index (Phi) is 18.6. The van der Waals surface area contributed by atoms with E-state index < -0.39 is 11.9 Å². The fraction of sp³-hybridized carbons (Fsp3) is 0.800. The van der Waals surface area contributed by atoms with Gasteiger partial charge in [0.2, 0.25) is 0 Å². The van der Waals surface area contributed by atoms with Crippen LogP contribution in [0.3, 0.4) is 0 Å². The fourth-order valence-electron chi connectivity index (χ4n) is 0.698. The predicted molar refractivity (Wildman–Crippen MR) is 57.5 cm³/mol. The van der Waals surface area contributed by atoms with Gasteiger partial charge >= 0.3 is 37.7 Å². The Bertz CT molecular complexity index is 187. The van der Waals surface area contributed by atoms with Crippen molar-refractivity contribution in [3.8, 4) is 0 Å². The second-order valence-electron chi connectivity index (χ2n) is 3.73. The Balaban J connectivity index is -0.000000218. The van der Waals surface area contributed by atoms with Gasteiger partial charge in [0.25, 0.3) is 0 Å². The van der Waals surface area contributed by atoms with Crippen molar-refractivity contribution in [2.75, 3.05) is 13.2 Å². The number of rotatable bonds is 6. The number of aliphatic hydroxyl groups excluding tert-OH is 2. The van der Waals surface area contributed by atoms with Gasteiger partial charge in [0.05, 0.1) is 0 Å². The van der Waals surface area contributed by atoms with Gasteiger partial charge in [-0.25, -0.2) is 0 Å². The van der Waals surface area contributed by atoms with Crippen molar-refractivity contribution in [1.29, 1.82) is 0 Å². The number of hydrogen-bond acceptors (Lipinski definition) is 6. The summed E-state index contributed by atoms with van der Waals surface area (Å²) in [5.41, 5.74) is 0. The van der Waals surface area contributed by atoms with E-state index in [2.05, 4.69) is 0 Å². The topological polar surface area (TPSA) is 121 Å². The molecule has 2 unspecified atom stereocenters. The van der Waals surface area contributed by atoms with Crippen LogP contribution in [0.2, 0.25) is 0 Å². The van der Waals surface area contributed by atoms with Gasteiger partial charge in [-0.3, -0.25) is 0 Å². The number of carbonyl (C=O) groups is 2. The second-order valence-corrected chi connectivity index (χ2v) is 3.73. The molecule has 0 aromatic heterocycles. The molecule has 0 aliphatic carbocycles. The number of carboxylic acids is 2. The van der Waals surface area contributed by atoms with E-state index in [1.807, 2.05) is 0 Å². The first-order chi connectivity index (χ1) is 7.33. The first-order valence-electron chi connectivity index (χ1n) is 4.94. The summed E-state index contributed by atoms with van der Waals surface area (Å²) < 4.78 is 0. The van der Waals surface area contributed by atoms with Gasteiger partial charge in [-0.15, -0.1) is 0 Å². The molecule has 2 atom stereocenters. The maximum absolute atomic E-state index is 9.75. The Morgan fingerprint density at radius 2 is 1.18 bits per heavy atom. The largest absolute Gasteiger partial charge is 2.00 e. The number of carboxylic acid groups (broad SMARTS) is 2. The van der Waals surface area contributed by atoms with E-state index in [4.69, 9.17) is 10.2 Å². The standard InChI is InChI=1S/2C5H10O3.Ca/c2*1-4(3-6)2-5(7)8;/h2*4,6H,2-3H2,1H3,(H,7,8);/q;;+2/p-2. The molecule has 0 aliphatic heterocycles. The van der Waals surface area contributed by atoms with Crippen molar-refractivity contribution in [3.05, 3.63) is 0 Å². The van der Waals surface area contributed by atoms with Crippen molar-refractivity contribution in [1.82, 2.24) is 0 Å². The molecule has 0 fully saturated rings. The third kappa shape index (κ3) is 21.9. The van der Waals surface area contributed by atoms with Crippen LogP contribution in [0.4, 0.5) is 0 Å². The van der Waals surface area contributed by atoms with Crippen molar-refractivity contribution in [2.45, 2.75) is 26.7 Å². The number of aliphatic carboxylic acids is 2. The van der Waals surface area contributed by atoms with Gasteiger partial charge in [-0.1, -0.05) is 13.8 Å².